The average Bonchev–Trinajstić information content (AvgIpc) is 3.05. The first-order chi connectivity index (χ1) is 12.5. The molecule has 2 aromatic heterocycles. The molecule has 4 rings (SSSR count). The summed E-state index contributed by atoms with van der Waals surface area (Å²) in [5, 5.41) is 0. The molecular weight excluding hydrogens is 348 g/mol. The fraction of sp³-hybridized carbons (Fsp3) is 0.368. The van der Waals surface area contributed by atoms with E-state index in [1.807, 2.05) is 30.3 Å². The highest BCUT2D eigenvalue weighted by molar-refractivity contribution is 7.90. The minimum Gasteiger partial charge on any atom is -0.357 e. The third-order valence-electron chi connectivity index (χ3n) is 4.89. The van der Waals surface area contributed by atoms with Crippen molar-refractivity contribution in [2.75, 3.05) is 30.0 Å². The third kappa shape index (κ3) is 3.72. The predicted octanol–water partition coefficient (Wildman–Crippen LogP) is 2.89. The molecule has 1 N–H and O–H groups in total. The first-order valence-electron chi connectivity index (χ1n) is 8.82. The number of para-hydroxylation sites is 2. The number of sulfone groups is 1. The van der Waals surface area contributed by atoms with Crippen LogP contribution in [0.4, 0.5) is 5.82 Å². The number of fused-ring (bicyclic) bond motifs is 1. The number of anilines is 1. The highest BCUT2D eigenvalue weighted by Gasteiger charge is 2.23. The molecule has 0 radical (unpaired) electrons. The van der Waals surface area contributed by atoms with Crippen LogP contribution in [0.3, 0.4) is 0 Å². The molecule has 6 nitrogen and oxygen atoms in total. The number of H-pyrrole nitrogens is 1. The number of rotatable bonds is 4. The number of nitrogens with one attached hydrogen (secondary N) is 1. The minimum atomic E-state index is -2.91. The lowest BCUT2D eigenvalue weighted by atomic mass is 9.99. The summed E-state index contributed by atoms with van der Waals surface area (Å²) >= 11 is 0. The van der Waals surface area contributed by atoms with E-state index in [1.165, 1.54) is 6.26 Å². The van der Waals surface area contributed by atoms with E-state index in [1.54, 1.807) is 6.20 Å². The molecule has 1 aliphatic heterocycles. The zero-order chi connectivity index (χ0) is 18.1. The summed E-state index contributed by atoms with van der Waals surface area (Å²) in [4.78, 5) is 14.7. The number of pyridine rings is 1. The lowest BCUT2D eigenvalue weighted by Crippen LogP contribution is -2.36. The number of hydrogen-bond acceptors (Lipinski definition) is 5. The molecule has 136 valence electrons. The van der Waals surface area contributed by atoms with Gasteiger partial charge in [0.05, 0.1) is 16.8 Å². The van der Waals surface area contributed by atoms with Gasteiger partial charge in [-0.2, -0.15) is 0 Å². The fourth-order valence-electron chi connectivity index (χ4n) is 3.59. The van der Waals surface area contributed by atoms with E-state index in [0.717, 1.165) is 54.2 Å². The molecule has 0 spiro atoms. The number of piperidine rings is 1. The molecule has 26 heavy (non-hydrogen) atoms. The van der Waals surface area contributed by atoms with E-state index in [-0.39, 0.29) is 11.7 Å². The lowest BCUT2D eigenvalue weighted by Gasteiger charge is -2.32. The standard InChI is InChI=1S/C19H22N4O2S/c1-26(24,25)13-14-7-10-23(11-8-14)18-12-15(6-9-20-18)19-21-16-4-2-3-5-17(16)22-19/h2-6,9,12,14H,7-8,10-11,13H2,1H3,(H,21,22). The molecule has 1 aliphatic rings. The second-order valence-electron chi connectivity index (χ2n) is 7.03. The number of benzene rings is 1. The van der Waals surface area contributed by atoms with Crippen molar-refractivity contribution >= 4 is 26.7 Å². The van der Waals surface area contributed by atoms with E-state index < -0.39 is 9.84 Å². The van der Waals surface area contributed by atoms with Crippen molar-refractivity contribution in [1.82, 2.24) is 15.0 Å². The van der Waals surface area contributed by atoms with Crippen molar-refractivity contribution in [1.29, 1.82) is 0 Å². The number of nitrogens with zero attached hydrogens (tertiary/aromatic N) is 3. The van der Waals surface area contributed by atoms with Gasteiger partial charge in [0.15, 0.2) is 0 Å². The maximum absolute atomic E-state index is 11.5. The topological polar surface area (TPSA) is 79.0 Å². The molecule has 0 aliphatic carbocycles. The first-order valence-corrected chi connectivity index (χ1v) is 10.9. The quantitative estimate of drug-likeness (QED) is 0.764. The summed E-state index contributed by atoms with van der Waals surface area (Å²) < 4.78 is 23.0. The highest BCUT2D eigenvalue weighted by atomic mass is 32.2. The largest absolute Gasteiger partial charge is 0.357 e. The Morgan fingerprint density at radius 2 is 1.96 bits per heavy atom. The molecular formula is C19H22N4O2S. The summed E-state index contributed by atoms with van der Waals surface area (Å²) in [7, 11) is -2.91. The molecule has 0 saturated carbocycles. The summed E-state index contributed by atoms with van der Waals surface area (Å²) in [6, 6.07) is 12.0. The highest BCUT2D eigenvalue weighted by Crippen LogP contribution is 2.26. The van der Waals surface area contributed by atoms with Gasteiger partial charge in [-0.3, -0.25) is 0 Å². The molecule has 1 aromatic carbocycles. The Hall–Kier alpha value is -2.41. The van der Waals surface area contributed by atoms with E-state index in [2.05, 4.69) is 25.9 Å². The van der Waals surface area contributed by atoms with Gasteiger partial charge in [0, 0.05) is 31.1 Å². The Morgan fingerprint density at radius 1 is 1.19 bits per heavy atom. The second-order valence-corrected chi connectivity index (χ2v) is 9.21. The Bertz CT molecular complexity index is 988. The van der Waals surface area contributed by atoms with Gasteiger partial charge in [0.25, 0.3) is 0 Å². The van der Waals surface area contributed by atoms with Crippen molar-refractivity contribution in [3.05, 3.63) is 42.6 Å². The summed E-state index contributed by atoms with van der Waals surface area (Å²) in [6.07, 6.45) is 4.88. The van der Waals surface area contributed by atoms with Crippen LogP contribution < -0.4 is 4.90 Å². The van der Waals surface area contributed by atoms with Crippen molar-refractivity contribution in [2.24, 2.45) is 5.92 Å². The van der Waals surface area contributed by atoms with Gasteiger partial charge in [-0.25, -0.2) is 18.4 Å². The van der Waals surface area contributed by atoms with Crippen molar-refractivity contribution < 1.29 is 8.42 Å². The Morgan fingerprint density at radius 3 is 2.69 bits per heavy atom. The summed E-state index contributed by atoms with van der Waals surface area (Å²) in [5.74, 6) is 2.29. The number of aromatic amines is 1. The van der Waals surface area contributed by atoms with Gasteiger partial charge >= 0.3 is 0 Å². The van der Waals surface area contributed by atoms with Crippen LogP contribution in [0.2, 0.25) is 0 Å². The van der Waals surface area contributed by atoms with E-state index in [0.29, 0.717) is 0 Å². The Labute approximate surface area is 153 Å². The van der Waals surface area contributed by atoms with Crippen LogP contribution in [0, 0.1) is 5.92 Å². The van der Waals surface area contributed by atoms with Crippen LogP contribution in [0.5, 0.6) is 0 Å². The normalized spacial score (nSPS) is 16.3. The van der Waals surface area contributed by atoms with E-state index >= 15 is 0 Å². The van der Waals surface area contributed by atoms with Crippen LogP contribution in [-0.2, 0) is 9.84 Å². The molecule has 0 unspecified atom stereocenters. The summed E-state index contributed by atoms with van der Waals surface area (Å²) in [6.45, 7) is 1.66. The number of aromatic nitrogens is 3. The van der Waals surface area contributed by atoms with Crippen LogP contribution >= 0.6 is 0 Å². The zero-order valence-electron chi connectivity index (χ0n) is 14.7. The smallest absolute Gasteiger partial charge is 0.147 e. The van der Waals surface area contributed by atoms with Crippen molar-refractivity contribution in [3.63, 3.8) is 0 Å². The molecule has 3 heterocycles. The molecule has 1 fully saturated rings. The van der Waals surface area contributed by atoms with Crippen LogP contribution in [0.1, 0.15) is 12.8 Å². The SMILES string of the molecule is CS(=O)(=O)CC1CCN(c2cc(-c3nc4ccccc4[nH]3)ccn2)CC1. The Kier molecular flexibility index (Phi) is 4.40. The van der Waals surface area contributed by atoms with Crippen LogP contribution in [-0.4, -0.2) is 48.5 Å². The molecule has 0 amide bonds. The lowest BCUT2D eigenvalue weighted by molar-refractivity contribution is 0.435. The maximum atomic E-state index is 11.5. The molecule has 7 heteroatoms. The average molecular weight is 370 g/mol. The van der Waals surface area contributed by atoms with E-state index in [4.69, 9.17) is 0 Å². The van der Waals surface area contributed by atoms with Gasteiger partial charge < -0.3 is 9.88 Å². The molecule has 0 bridgehead atoms. The predicted molar refractivity (Wildman–Crippen MR) is 104 cm³/mol. The van der Waals surface area contributed by atoms with E-state index in [9.17, 15) is 8.42 Å². The van der Waals surface area contributed by atoms with Gasteiger partial charge in [-0.1, -0.05) is 12.1 Å². The number of imidazole rings is 1. The minimum absolute atomic E-state index is 0.250. The third-order valence-corrected chi connectivity index (χ3v) is 5.96. The zero-order valence-corrected chi connectivity index (χ0v) is 15.5. The van der Waals surface area contributed by atoms with Crippen LogP contribution in [0.25, 0.3) is 22.4 Å². The summed E-state index contributed by atoms with van der Waals surface area (Å²) in [5.41, 5.74) is 2.97. The van der Waals surface area contributed by atoms with Crippen molar-refractivity contribution in [2.45, 2.75) is 12.8 Å². The van der Waals surface area contributed by atoms with Gasteiger partial charge in [0.2, 0.25) is 0 Å². The molecule has 3 aromatic rings. The second kappa shape index (κ2) is 6.72. The number of hydrogen-bond donors (Lipinski definition) is 1. The van der Waals surface area contributed by atoms with Gasteiger partial charge in [-0.15, -0.1) is 0 Å². The molecule has 1 saturated heterocycles. The van der Waals surface area contributed by atoms with Gasteiger partial charge in [-0.05, 0) is 43.0 Å². The first kappa shape index (κ1) is 17.0. The maximum Gasteiger partial charge on any atom is 0.147 e. The van der Waals surface area contributed by atoms with Gasteiger partial charge in [0.1, 0.15) is 21.5 Å². The van der Waals surface area contributed by atoms with Crippen LogP contribution in [0.15, 0.2) is 42.6 Å². The fourth-order valence-corrected chi connectivity index (χ4v) is 4.77. The monoisotopic (exact) mass is 370 g/mol. The Balaban J connectivity index is 1.51. The molecule has 0 atom stereocenters. The van der Waals surface area contributed by atoms with Crippen molar-refractivity contribution in [3.8, 4) is 11.4 Å².